The zero-order valence-electron chi connectivity index (χ0n) is 14.4. The number of rotatable bonds is 5. The zero-order chi connectivity index (χ0) is 17.1. The van der Waals surface area contributed by atoms with Gasteiger partial charge in [-0.2, -0.15) is 0 Å². The van der Waals surface area contributed by atoms with Crippen LogP contribution in [0.15, 0.2) is 0 Å². The molecule has 0 aliphatic carbocycles. The van der Waals surface area contributed by atoms with Gasteiger partial charge in [-0.3, -0.25) is 10.1 Å². The Labute approximate surface area is 133 Å². The number of nitro groups is 1. The van der Waals surface area contributed by atoms with Crippen LogP contribution in [-0.2, 0) is 9.16 Å². The summed E-state index contributed by atoms with van der Waals surface area (Å²) in [6.45, 7) is 11.7. The summed E-state index contributed by atoms with van der Waals surface area (Å²) in [6.07, 6.45) is 0.536. The lowest BCUT2D eigenvalue weighted by molar-refractivity contribution is -0.490. The van der Waals surface area contributed by atoms with Crippen molar-refractivity contribution >= 4 is 14.4 Å². The van der Waals surface area contributed by atoms with Crippen molar-refractivity contribution in [3.63, 3.8) is 0 Å². The minimum atomic E-state index is -1.95. The third-order valence-corrected chi connectivity index (χ3v) is 4.20. The standard InChI is InChI=1S/C14H28N2O5Si/c1-14(2,3)20-13(17)15-9-7-8-11(15)12(10-16(18)19)21-22(4,5)6/h11-12H,7-10H2,1-6H3/t11-,12?/m0/s1. The van der Waals surface area contributed by atoms with Gasteiger partial charge in [-0.1, -0.05) is 0 Å². The molecule has 2 atom stereocenters. The molecule has 0 aromatic heterocycles. The van der Waals surface area contributed by atoms with E-state index in [9.17, 15) is 14.9 Å². The molecule has 0 saturated carbocycles. The average Bonchev–Trinajstić information content (AvgIpc) is 2.71. The maximum atomic E-state index is 12.3. The van der Waals surface area contributed by atoms with Crippen LogP contribution in [0.3, 0.4) is 0 Å². The van der Waals surface area contributed by atoms with Gasteiger partial charge in [-0.25, -0.2) is 4.79 Å². The maximum Gasteiger partial charge on any atom is 0.410 e. The molecule has 1 aliphatic heterocycles. The summed E-state index contributed by atoms with van der Waals surface area (Å²) in [5, 5.41) is 11.0. The highest BCUT2D eigenvalue weighted by Crippen LogP contribution is 2.26. The molecule has 0 radical (unpaired) electrons. The number of nitrogens with zero attached hydrogens (tertiary/aromatic N) is 2. The predicted molar refractivity (Wildman–Crippen MR) is 86.0 cm³/mol. The minimum Gasteiger partial charge on any atom is -0.444 e. The van der Waals surface area contributed by atoms with Gasteiger partial charge in [0.25, 0.3) is 0 Å². The maximum absolute atomic E-state index is 12.3. The van der Waals surface area contributed by atoms with E-state index in [-0.39, 0.29) is 17.5 Å². The molecule has 128 valence electrons. The Morgan fingerprint density at radius 3 is 2.45 bits per heavy atom. The Hall–Kier alpha value is -1.15. The molecule has 1 heterocycles. The molecule has 8 heteroatoms. The molecule has 1 unspecified atom stereocenters. The SMILES string of the molecule is CC(C)(C)OC(=O)N1CCC[C@H]1C(C[N+](=O)[O-])O[Si](C)(C)C. The number of hydrogen-bond acceptors (Lipinski definition) is 5. The van der Waals surface area contributed by atoms with Gasteiger partial charge >= 0.3 is 6.09 Å². The molecular weight excluding hydrogens is 304 g/mol. The van der Waals surface area contributed by atoms with Crippen molar-refractivity contribution in [2.24, 2.45) is 0 Å². The Kier molecular flexibility index (Phi) is 5.97. The van der Waals surface area contributed by atoms with Crippen LogP contribution in [0.2, 0.25) is 19.6 Å². The fourth-order valence-electron chi connectivity index (χ4n) is 2.56. The molecular formula is C14H28N2O5Si. The monoisotopic (exact) mass is 332 g/mol. The van der Waals surface area contributed by atoms with E-state index in [1.54, 1.807) is 4.90 Å². The van der Waals surface area contributed by atoms with E-state index in [4.69, 9.17) is 9.16 Å². The first kappa shape index (κ1) is 18.9. The normalized spacial score (nSPS) is 20.8. The van der Waals surface area contributed by atoms with Crippen molar-refractivity contribution in [3.05, 3.63) is 10.1 Å². The number of carbonyl (C=O) groups excluding carboxylic acids is 1. The third kappa shape index (κ3) is 6.31. The third-order valence-electron chi connectivity index (χ3n) is 3.19. The van der Waals surface area contributed by atoms with Crippen LogP contribution < -0.4 is 0 Å². The minimum absolute atomic E-state index is 0.283. The van der Waals surface area contributed by atoms with Crippen molar-refractivity contribution in [3.8, 4) is 0 Å². The largest absolute Gasteiger partial charge is 0.444 e. The van der Waals surface area contributed by atoms with Crippen LogP contribution in [0.25, 0.3) is 0 Å². The highest BCUT2D eigenvalue weighted by atomic mass is 28.4. The van der Waals surface area contributed by atoms with E-state index < -0.39 is 26.1 Å². The first-order valence-electron chi connectivity index (χ1n) is 7.68. The van der Waals surface area contributed by atoms with Crippen LogP contribution in [-0.4, -0.2) is 55.1 Å². The van der Waals surface area contributed by atoms with Gasteiger partial charge in [0.15, 0.2) is 8.32 Å². The predicted octanol–water partition coefficient (Wildman–Crippen LogP) is 2.88. The molecule has 22 heavy (non-hydrogen) atoms. The summed E-state index contributed by atoms with van der Waals surface area (Å²) in [7, 11) is -1.95. The second-order valence-corrected chi connectivity index (χ2v) is 12.1. The van der Waals surface area contributed by atoms with Crippen molar-refractivity contribution in [2.75, 3.05) is 13.1 Å². The smallest absolute Gasteiger partial charge is 0.410 e. The number of amides is 1. The number of likely N-dealkylation sites (tertiary alicyclic amines) is 1. The molecule has 0 bridgehead atoms. The molecule has 1 aliphatic rings. The summed E-state index contributed by atoms with van der Waals surface area (Å²) >= 11 is 0. The molecule has 1 fully saturated rings. The number of hydrogen-bond donors (Lipinski definition) is 0. The van der Waals surface area contributed by atoms with Gasteiger partial charge in [0.2, 0.25) is 6.54 Å². The van der Waals surface area contributed by atoms with E-state index in [1.807, 2.05) is 40.4 Å². The van der Waals surface area contributed by atoms with E-state index in [1.165, 1.54) is 0 Å². The zero-order valence-corrected chi connectivity index (χ0v) is 15.4. The summed E-state index contributed by atoms with van der Waals surface area (Å²) in [5.74, 6) is 0. The number of carbonyl (C=O) groups is 1. The van der Waals surface area contributed by atoms with Crippen LogP contribution in [0.5, 0.6) is 0 Å². The van der Waals surface area contributed by atoms with Gasteiger partial charge in [0.1, 0.15) is 11.7 Å². The fraction of sp³-hybridized carbons (Fsp3) is 0.929. The summed E-state index contributed by atoms with van der Waals surface area (Å²) in [6, 6.07) is -0.285. The van der Waals surface area contributed by atoms with E-state index in [0.29, 0.717) is 13.0 Å². The van der Waals surface area contributed by atoms with Gasteiger partial charge in [0.05, 0.1) is 6.04 Å². The van der Waals surface area contributed by atoms with Crippen LogP contribution in [0.1, 0.15) is 33.6 Å². The van der Waals surface area contributed by atoms with E-state index in [0.717, 1.165) is 6.42 Å². The van der Waals surface area contributed by atoms with Gasteiger partial charge < -0.3 is 14.1 Å². The van der Waals surface area contributed by atoms with Gasteiger partial charge in [0, 0.05) is 11.5 Å². The fourth-order valence-corrected chi connectivity index (χ4v) is 3.70. The molecule has 0 N–H and O–H groups in total. The van der Waals surface area contributed by atoms with Gasteiger partial charge in [-0.05, 0) is 53.3 Å². The Morgan fingerprint density at radius 2 is 2.00 bits per heavy atom. The first-order valence-corrected chi connectivity index (χ1v) is 11.1. The summed E-state index contributed by atoms with van der Waals surface area (Å²) in [5.41, 5.74) is -0.581. The average molecular weight is 332 g/mol. The van der Waals surface area contributed by atoms with E-state index >= 15 is 0 Å². The summed E-state index contributed by atoms with van der Waals surface area (Å²) in [4.78, 5) is 24.5. The van der Waals surface area contributed by atoms with Crippen molar-refractivity contribution in [1.29, 1.82) is 0 Å². The second kappa shape index (κ2) is 6.95. The van der Waals surface area contributed by atoms with Crippen molar-refractivity contribution in [2.45, 2.75) is 71.0 Å². The van der Waals surface area contributed by atoms with Gasteiger partial charge in [-0.15, -0.1) is 0 Å². The quantitative estimate of drug-likeness (QED) is 0.439. The summed E-state index contributed by atoms with van der Waals surface area (Å²) < 4.78 is 11.4. The molecule has 1 amide bonds. The molecule has 0 aromatic rings. The number of ether oxygens (including phenoxy) is 1. The first-order chi connectivity index (χ1) is 9.89. The molecule has 1 saturated heterocycles. The lowest BCUT2D eigenvalue weighted by Crippen LogP contribution is -2.51. The highest BCUT2D eigenvalue weighted by Gasteiger charge is 2.41. The Bertz CT molecular complexity index is 416. The molecule has 7 nitrogen and oxygen atoms in total. The molecule has 0 aromatic carbocycles. The van der Waals surface area contributed by atoms with Crippen molar-refractivity contribution < 1.29 is 18.9 Å². The molecule has 0 spiro atoms. The Morgan fingerprint density at radius 1 is 1.41 bits per heavy atom. The van der Waals surface area contributed by atoms with Crippen molar-refractivity contribution in [1.82, 2.24) is 4.90 Å². The van der Waals surface area contributed by atoms with Crippen LogP contribution in [0, 0.1) is 10.1 Å². The highest BCUT2D eigenvalue weighted by molar-refractivity contribution is 6.69. The second-order valence-electron chi connectivity index (χ2n) is 7.67. The topological polar surface area (TPSA) is 81.9 Å². The molecule has 1 rings (SSSR count). The van der Waals surface area contributed by atoms with Crippen LogP contribution in [0.4, 0.5) is 4.79 Å². The Balaban J connectivity index is 2.87. The van der Waals surface area contributed by atoms with E-state index in [2.05, 4.69) is 0 Å². The van der Waals surface area contributed by atoms with Crippen LogP contribution >= 0.6 is 0 Å². The lowest BCUT2D eigenvalue weighted by atomic mass is 10.1. The lowest BCUT2D eigenvalue weighted by Gasteiger charge is -2.34.